The van der Waals surface area contributed by atoms with Crippen LogP contribution in [-0.4, -0.2) is 59.4 Å². The van der Waals surface area contributed by atoms with Crippen molar-refractivity contribution in [3.05, 3.63) is 30.1 Å². The summed E-state index contributed by atoms with van der Waals surface area (Å²) in [7, 11) is 0. The highest BCUT2D eigenvalue weighted by molar-refractivity contribution is 6.05. The summed E-state index contributed by atoms with van der Waals surface area (Å²) in [5.41, 5.74) is 1.08. The van der Waals surface area contributed by atoms with Crippen molar-refractivity contribution in [1.29, 1.82) is 0 Å². The maximum atomic E-state index is 14.9. The molecule has 0 bridgehead atoms. The summed E-state index contributed by atoms with van der Waals surface area (Å²) in [6.07, 6.45) is 1.40. The highest BCUT2D eigenvalue weighted by atomic mass is 19.3. The molecule has 37 heavy (non-hydrogen) atoms. The van der Waals surface area contributed by atoms with Crippen LogP contribution in [0.25, 0.3) is 22.1 Å². The number of hydrogen-bond acceptors (Lipinski definition) is 9. The van der Waals surface area contributed by atoms with Crippen molar-refractivity contribution in [2.75, 3.05) is 31.2 Å². The van der Waals surface area contributed by atoms with E-state index < -0.39 is 30.7 Å². The molecule has 12 heteroatoms. The molecule has 204 valence electrons. The van der Waals surface area contributed by atoms with Crippen LogP contribution in [0.2, 0.25) is 0 Å². The van der Waals surface area contributed by atoms with E-state index in [0.717, 1.165) is 25.9 Å². The number of carboxylic acids is 1. The Morgan fingerprint density at radius 3 is 2.46 bits per heavy atom. The molecule has 10 nitrogen and oxygen atoms in total. The largest absolute Gasteiger partial charge is 0.480 e. The van der Waals surface area contributed by atoms with Gasteiger partial charge in [-0.15, -0.1) is 0 Å². The molecule has 0 aliphatic carbocycles. The number of carboxylic acid groups (broad SMARTS) is 1. The first-order chi connectivity index (χ1) is 17.0. The van der Waals surface area contributed by atoms with Gasteiger partial charge < -0.3 is 30.0 Å². The fourth-order valence-electron chi connectivity index (χ4n) is 3.70. The Balaban J connectivity index is 0.000000532. The second-order valence-electron chi connectivity index (χ2n) is 9.42. The van der Waals surface area contributed by atoms with E-state index in [1.54, 1.807) is 12.1 Å². The van der Waals surface area contributed by atoms with Crippen LogP contribution in [0.15, 0.2) is 28.7 Å². The lowest BCUT2D eigenvalue weighted by molar-refractivity contribution is -0.142. The molecule has 1 aromatic carbocycles. The molecule has 1 aliphatic heterocycles. The molecule has 0 radical (unpaired) electrons. The van der Waals surface area contributed by atoms with E-state index in [1.165, 1.54) is 0 Å². The fourth-order valence-corrected chi connectivity index (χ4v) is 3.70. The van der Waals surface area contributed by atoms with Gasteiger partial charge >= 0.3 is 11.9 Å². The molecule has 1 fully saturated rings. The number of alkyl halides is 2. The molecule has 4 rings (SSSR count). The van der Waals surface area contributed by atoms with E-state index in [4.69, 9.17) is 14.3 Å². The number of halogens is 2. The number of aromatic nitrogens is 2. The van der Waals surface area contributed by atoms with E-state index >= 15 is 0 Å². The van der Waals surface area contributed by atoms with Gasteiger partial charge in [0.05, 0.1) is 0 Å². The number of furan rings is 1. The zero-order chi connectivity index (χ0) is 26.3. The van der Waals surface area contributed by atoms with Crippen molar-refractivity contribution in [2.45, 2.75) is 58.0 Å². The Labute approximate surface area is 213 Å². The highest BCUT2D eigenvalue weighted by Gasteiger charge is 2.37. The predicted molar refractivity (Wildman–Crippen MR) is 134 cm³/mol. The number of nitrogens with zero attached hydrogens (tertiary/aromatic N) is 3. The lowest BCUT2D eigenvalue weighted by Gasteiger charge is -2.20. The summed E-state index contributed by atoms with van der Waals surface area (Å²) in [5.74, 6) is -4.54. The predicted octanol–water partition coefficient (Wildman–Crippen LogP) is 5.07. The normalized spacial score (nSPS) is 13.7. The summed E-state index contributed by atoms with van der Waals surface area (Å²) >= 11 is 0. The van der Waals surface area contributed by atoms with Gasteiger partial charge in [0.2, 0.25) is 5.82 Å². The molecule has 0 amide bonds. The molecule has 2 aromatic heterocycles. The third-order valence-corrected chi connectivity index (χ3v) is 5.34. The van der Waals surface area contributed by atoms with Crippen molar-refractivity contribution >= 4 is 40.3 Å². The number of anilines is 1. The van der Waals surface area contributed by atoms with Crippen molar-refractivity contribution in [1.82, 2.24) is 16.1 Å². The Morgan fingerprint density at radius 2 is 1.86 bits per heavy atom. The second-order valence-corrected chi connectivity index (χ2v) is 9.42. The quantitative estimate of drug-likeness (QED) is 0.287. The van der Waals surface area contributed by atoms with E-state index in [-0.39, 0.29) is 24.8 Å². The molecular weight excluding hydrogens is 490 g/mol. The zero-order valence-corrected chi connectivity index (χ0v) is 21.3. The van der Waals surface area contributed by atoms with Crippen LogP contribution in [0.5, 0.6) is 0 Å². The van der Waals surface area contributed by atoms with Gasteiger partial charge in [-0.2, -0.15) is 8.78 Å². The molecule has 1 saturated heterocycles. The summed E-state index contributed by atoms with van der Waals surface area (Å²) in [6, 6.07) is 7.21. The smallest absolute Gasteiger partial charge is 0.329 e. The summed E-state index contributed by atoms with van der Waals surface area (Å²) in [6.45, 7) is 6.81. The Morgan fingerprint density at radius 1 is 1.19 bits per heavy atom. The molecule has 3 aromatic rings. The van der Waals surface area contributed by atoms with Gasteiger partial charge in [-0.25, -0.2) is 14.8 Å². The van der Waals surface area contributed by atoms with Crippen molar-refractivity contribution in [3.8, 4) is 0 Å². The van der Waals surface area contributed by atoms with Crippen LogP contribution >= 0.6 is 0 Å². The number of hydrogen-bond donors (Lipinski definition) is 2. The Kier molecular flexibility index (Phi) is 10.3. The van der Waals surface area contributed by atoms with E-state index in [9.17, 15) is 18.4 Å². The van der Waals surface area contributed by atoms with Gasteiger partial charge in [0.25, 0.3) is 6.47 Å². The molecular formula is C25H34F2N4O6. The lowest BCUT2D eigenvalue weighted by Crippen LogP contribution is -2.24. The second kappa shape index (κ2) is 12.7. The minimum Gasteiger partial charge on any atom is -0.480 e. The van der Waals surface area contributed by atoms with Gasteiger partial charge in [-0.1, -0.05) is 12.1 Å². The minimum absolute atomic E-state index is 0. The number of fused-ring (bicyclic) bond motifs is 3. The standard InChI is InChI=1S/C20H21F2N3O4.C5H10O2.H3N/c21-20(22,8-5-11-28-12-15(26)27)19-23-16-13-6-1-2-7-14(13)29-17(16)18(24-19)25-9-3-4-10-25;1-5(2,3)7-4-6;/h1-2,6-7H,3-5,8-12H2,(H,26,27);4H,1-3H3;1H3. The molecule has 0 spiro atoms. The number of carbonyl (C=O) groups is 2. The van der Waals surface area contributed by atoms with Crippen LogP contribution in [0.3, 0.4) is 0 Å². The molecule has 0 unspecified atom stereocenters. The number of benzene rings is 1. The third-order valence-electron chi connectivity index (χ3n) is 5.34. The number of ether oxygens (including phenoxy) is 2. The molecule has 4 N–H and O–H groups in total. The van der Waals surface area contributed by atoms with Crippen molar-refractivity contribution in [3.63, 3.8) is 0 Å². The highest BCUT2D eigenvalue weighted by Crippen LogP contribution is 2.38. The first-order valence-corrected chi connectivity index (χ1v) is 11.8. The minimum atomic E-state index is -3.27. The summed E-state index contributed by atoms with van der Waals surface area (Å²) in [5, 5.41) is 9.22. The van der Waals surface area contributed by atoms with Crippen molar-refractivity contribution in [2.24, 2.45) is 0 Å². The van der Waals surface area contributed by atoms with Crippen LogP contribution < -0.4 is 11.1 Å². The third kappa shape index (κ3) is 8.05. The van der Waals surface area contributed by atoms with Crippen LogP contribution in [0.1, 0.15) is 52.3 Å². The maximum absolute atomic E-state index is 14.9. The van der Waals surface area contributed by atoms with Crippen LogP contribution in [0, 0.1) is 0 Å². The van der Waals surface area contributed by atoms with Crippen molar-refractivity contribution < 1.29 is 37.4 Å². The van der Waals surface area contributed by atoms with Gasteiger partial charge in [0, 0.05) is 31.5 Å². The monoisotopic (exact) mass is 524 g/mol. The van der Waals surface area contributed by atoms with Gasteiger partial charge in [0.15, 0.2) is 11.4 Å². The Bertz CT molecular complexity index is 1190. The average Bonchev–Trinajstić information content (AvgIpc) is 3.46. The number of aliphatic carboxylic acids is 1. The maximum Gasteiger partial charge on any atom is 0.329 e. The number of rotatable bonds is 9. The summed E-state index contributed by atoms with van der Waals surface area (Å²) < 4.78 is 45.1. The van der Waals surface area contributed by atoms with E-state index in [1.807, 2.05) is 37.8 Å². The summed E-state index contributed by atoms with van der Waals surface area (Å²) in [4.78, 5) is 30.4. The Hall–Kier alpha value is -3.38. The van der Waals surface area contributed by atoms with Gasteiger partial charge in [-0.05, 0) is 52.2 Å². The van der Waals surface area contributed by atoms with Gasteiger partial charge in [0.1, 0.15) is 23.3 Å². The van der Waals surface area contributed by atoms with Crippen LogP contribution in [0.4, 0.5) is 14.6 Å². The lowest BCUT2D eigenvalue weighted by atomic mass is 10.1. The number of carbonyl (C=O) groups excluding carboxylic acids is 1. The van der Waals surface area contributed by atoms with Crippen LogP contribution in [-0.2, 0) is 25.0 Å². The van der Waals surface area contributed by atoms with E-state index in [0.29, 0.717) is 34.4 Å². The zero-order valence-electron chi connectivity index (χ0n) is 21.3. The molecule has 0 atom stereocenters. The topological polar surface area (TPSA) is 150 Å². The SMILES string of the molecule is CC(C)(C)OC=O.N.O=C(O)COCCCC(F)(F)c1nc(N2CCCC2)c2oc3ccccc3c2n1. The first kappa shape index (κ1) is 29.8. The average molecular weight is 525 g/mol. The number of para-hydroxylation sites is 1. The first-order valence-electron chi connectivity index (χ1n) is 11.8. The molecule has 3 heterocycles. The fraction of sp³-hybridized carbons (Fsp3) is 0.520. The molecule has 0 saturated carbocycles. The van der Waals surface area contributed by atoms with Gasteiger partial charge in [-0.3, -0.25) is 4.79 Å². The van der Waals surface area contributed by atoms with E-state index in [2.05, 4.69) is 14.7 Å². The molecule has 1 aliphatic rings.